The maximum atomic E-state index is 5.63. The second-order valence-electron chi connectivity index (χ2n) is 4.94. The first-order chi connectivity index (χ1) is 9.15. The lowest BCUT2D eigenvalue weighted by Crippen LogP contribution is -2.23. The molecule has 1 aromatic rings. The summed E-state index contributed by atoms with van der Waals surface area (Å²) in [5.41, 5.74) is 1.25. The molecule has 0 aromatic heterocycles. The predicted octanol–water partition coefficient (Wildman–Crippen LogP) is 3.43. The minimum atomic E-state index is 0.338. The zero-order valence-electron chi connectivity index (χ0n) is 11.7. The third-order valence-electron chi connectivity index (χ3n) is 3.78. The summed E-state index contributed by atoms with van der Waals surface area (Å²) in [7, 11) is 3.32. The lowest BCUT2D eigenvalue weighted by Gasteiger charge is -2.21. The fraction of sp³-hybridized carbons (Fsp3) is 0.600. The highest BCUT2D eigenvalue weighted by Crippen LogP contribution is 2.33. The highest BCUT2D eigenvalue weighted by Gasteiger charge is 2.30. The third kappa shape index (κ3) is 3.42. The van der Waals surface area contributed by atoms with Crippen molar-refractivity contribution >= 4 is 15.9 Å². The van der Waals surface area contributed by atoms with Crippen molar-refractivity contribution in [3.05, 3.63) is 23.8 Å². The fourth-order valence-corrected chi connectivity index (χ4v) is 3.68. The van der Waals surface area contributed by atoms with Crippen LogP contribution < -0.4 is 9.47 Å². The Morgan fingerprint density at radius 1 is 1.32 bits per heavy atom. The SMILES string of the molecule is COc1ccc(CC(Br)C2CCOC2C)cc1OC. The van der Waals surface area contributed by atoms with Crippen LogP contribution in [0.4, 0.5) is 0 Å². The summed E-state index contributed by atoms with van der Waals surface area (Å²) in [6.07, 6.45) is 2.44. The van der Waals surface area contributed by atoms with E-state index in [0.717, 1.165) is 30.9 Å². The molecule has 4 heteroatoms. The molecule has 0 radical (unpaired) electrons. The normalized spacial score (nSPS) is 24.2. The maximum Gasteiger partial charge on any atom is 0.160 e. The molecule has 1 fully saturated rings. The number of hydrogen-bond donors (Lipinski definition) is 0. The van der Waals surface area contributed by atoms with Gasteiger partial charge >= 0.3 is 0 Å². The van der Waals surface area contributed by atoms with Gasteiger partial charge in [-0.2, -0.15) is 0 Å². The number of hydrogen-bond acceptors (Lipinski definition) is 3. The molecule has 19 heavy (non-hydrogen) atoms. The van der Waals surface area contributed by atoms with Crippen molar-refractivity contribution in [2.75, 3.05) is 20.8 Å². The summed E-state index contributed by atoms with van der Waals surface area (Å²) < 4.78 is 16.2. The van der Waals surface area contributed by atoms with Gasteiger partial charge in [-0.1, -0.05) is 22.0 Å². The summed E-state index contributed by atoms with van der Waals surface area (Å²) in [6, 6.07) is 6.10. The van der Waals surface area contributed by atoms with Crippen LogP contribution in [0.25, 0.3) is 0 Å². The first kappa shape index (κ1) is 14.7. The summed E-state index contributed by atoms with van der Waals surface area (Å²) in [5, 5.41) is 0. The minimum Gasteiger partial charge on any atom is -0.493 e. The Balaban J connectivity index is 2.06. The topological polar surface area (TPSA) is 27.7 Å². The van der Waals surface area contributed by atoms with E-state index in [1.807, 2.05) is 12.1 Å². The first-order valence-corrected chi connectivity index (χ1v) is 7.54. The summed E-state index contributed by atoms with van der Waals surface area (Å²) in [5.74, 6) is 2.14. The van der Waals surface area contributed by atoms with Gasteiger partial charge in [0.25, 0.3) is 0 Å². The number of benzene rings is 1. The third-order valence-corrected chi connectivity index (χ3v) is 4.78. The van der Waals surface area contributed by atoms with Crippen LogP contribution in [0, 0.1) is 5.92 Å². The summed E-state index contributed by atoms with van der Waals surface area (Å²) in [4.78, 5) is 0.433. The lowest BCUT2D eigenvalue weighted by molar-refractivity contribution is 0.105. The van der Waals surface area contributed by atoms with E-state index in [2.05, 4.69) is 28.9 Å². The smallest absolute Gasteiger partial charge is 0.160 e. The highest BCUT2D eigenvalue weighted by molar-refractivity contribution is 9.09. The zero-order valence-corrected chi connectivity index (χ0v) is 13.3. The van der Waals surface area contributed by atoms with E-state index in [4.69, 9.17) is 14.2 Å². The number of rotatable bonds is 5. The average Bonchev–Trinajstić information content (AvgIpc) is 2.85. The zero-order chi connectivity index (χ0) is 13.8. The van der Waals surface area contributed by atoms with E-state index in [1.165, 1.54) is 5.56 Å². The van der Waals surface area contributed by atoms with Crippen molar-refractivity contribution in [3.8, 4) is 11.5 Å². The highest BCUT2D eigenvalue weighted by atomic mass is 79.9. The van der Waals surface area contributed by atoms with Crippen LogP contribution in [0.5, 0.6) is 11.5 Å². The quantitative estimate of drug-likeness (QED) is 0.775. The van der Waals surface area contributed by atoms with Gasteiger partial charge in [-0.25, -0.2) is 0 Å². The van der Waals surface area contributed by atoms with Crippen LogP contribution in [0.1, 0.15) is 18.9 Å². The van der Waals surface area contributed by atoms with E-state index >= 15 is 0 Å². The average molecular weight is 329 g/mol. The van der Waals surface area contributed by atoms with Gasteiger partial charge in [-0.05, 0) is 43.4 Å². The molecule has 0 saturated carbocycles. The molecule has 1 saturated heterocycles. The molecular formula is C15H21BrO3. The van der Waals surface area contributed by atoms with Crippen LogP contribution in [0.15, 0.2) is 18.2 Å². The van der Waals surface area contributed by atoms with Crippen molar-refractivity contribution in [2.24, 2.45) is 5.92 Å². The Kier molecular flexibility index (Phi) is 5.11. The largest absolute Gasteiger partial charge is 0.493 e. The molecule has 3 atom stereocenters. The maximum absolute atomic E-state index is 5.63. The van der Waals surface area contributed by atoms with E-state index in [9.17, 15) is 0 Å². The molecule has 0 spiro atoms. The molecule has 2 rings (SSSR count). The van der Waals surface area contributed by atoms with Crippen LogP contribution in [0.3, 0.4) is 0 Å². The number of alkyl halides is 1. The van der Waals surface area contributed by atoms with Crippen molar-refractivity contribution in [1.29, 1.82) is 0 Å². The van der Waals surface area contributed by atoms with Gasteiger partial charge in [0.15, 0.2) is 11.5 Å². The van der Waals surface area contributed by atoms with E-state index < -0.39 is 0 Å². The Morgan fingerprint density at radius 2 is 2.05 bits per heavy atom. The standard InChI is InChI=1S/C15H21BrO3/c1-10-12(6-7-19-10)13(16)8-11-4-5-14(17-2)15(9-11)18-3/h4-5,9-10,12-13H,6-8H2,1-3H3. The van der Waals surface area contributed by atoms with Crippen LogP contribution in [-0.2, 0) is 11.2 Å². The second-order valence-corrected chi connectivity index (χ2v) is 6.11. The van der Waals surface area contributed by atoms with Crippen molar-refractivity contribution in [3.63, 3.8) is 0 Å². The number of halogens is 1. The first-order valence-electron chi connectivity index (χ1n) is 6.62. The number of methoxy groups -OCH3 is 2. The van der Waals surface area contributed by atoms with Crippen molar-refractivity contribution in [2.45, 2.75) is 30.7 Å². The summed E-state index contributed by atoms with van der Waals surface area (Å²) >= 11 is 3.81. The molecule has 0 amide bonds. The van der Waals surface area contributed by atoms with E-state index in [1.54, 1.807) is 14.2 Å². The van der Waals surface area contributed by atoms with Crippen LogP contribution in [0.2, 0.25) is 0 Å². The monoisotopic (exact) mass is 328 g/mol. The van der Waals surface area contributed by atoms with Gasteiger partial charge in [0.1, 0.15) is 0 Å². The van der Waals surface area contributed by atoms with Gasteiger partial charge in [-0.15, -0.1) is 0 Å². The van der Waals surface area contributed by atoms with Gasteiger partial charge in [0.2, 0.25) is 0 Å². The van der Waals surface area contributed by atoms with E-state index in [0.29, 0.717) is 16.8 Å². The molecule has 1 aliphatic rings. The van der Waals surface area contributed by atoms with Crippen LogP contribution >= 0.6 is 15.9 Å². The molecule has 0 aliphatic carbocycles. The molecular weight excluding hydrogens is 308 g/mol. The summed E-state index contributed by atoms with van der Waals surface area (Å²) in [6.45, 7) is 3.03. The Hall–Kier alpha value is -0.740. The molecule has 1 heterocycles. The Labute approximate surface area is 123 Å². The lowest BCUT2D eigenvalue weighted by atomic mass is 9.94. The molecule has 0 bridgehead atoms. The Morgan fingerprint density at radius 3 is 2.63 bits per heavy atom. The minimum absolute atomic E-state index is 0.338. The van der Waals surface area contributed by atoms with Crippen molar-refractivity contribution in [1.82, 2.24) is 0 Å². The predicted molar refractivity (Wildman–Crippen MR) is 79.5 cm³/mol. The van der Waals surface area contributed by atoms with E-state index in [-0.39, 0.29) is 0 Å². The second kappa shape index (κ2) is 6.62. The molecule has 1 aromatic carbocycles. The molecule has 1 aliphatic heterocycles. The fourth-order valence-electron chi connectivity index (χ4n) is 2.61. The molecule has 3 nitrogen and oxygen atoms in total. The van der Waals surface area contributed by atoms with Crippen molar-refractivity contribution < 1.29 is 14.2 Å². The number of ether oxygens (including phenoxy) is 3. The van der Waals surface area contributed by atoms with Gasteiger partial charge in [-0.3, -0.25) is 0 Å². The Bertz CT molecular complexity index is 422. The van der Waals surface area contributed by atoms with Crippen LogP contribution in [-0.4, -0.2) is 31.8 Å². The molecule has 0 N–H and O–H groups in total. The van der Waals surface area contributed by atoms with Gasteiger partial charge < -0.3 is 14.2 Å². The van der Waals surface area contributed by atoms with Gasteiger partial charge in [0, 0.05) is 11.4 Å². The van der Waals surface area contributed by atoms with Gasteiger partial charge in [0.05, 0.1) is 20.3 Å². The molecule has 106 valence electrons. The molecule has 3 unspecified atom stereocenters.